The Hall–Kier alpha value is -2.31. The number of nitrogens with zero attached hydrogens (tertiary/aromatic N) is 3. The number of para-hydroxylation sites is 2. The summed E-state index contributed by atoms with van der Waals surface area (Å²) < 4.78 is 0. The Kier molecular flexibility index (Phi) is 4.59. The second-order valence-corrected chi connectivity index (χ2v) is 6.81. The molecule has 1 aliphatic rings. The van der Waals surface area contributed by atoms with E-state index in [-0.39, 0.29) is 0 Å². The van der Waals surface area contributed by atoms with E-state index in [9.17, 15) is 5.26 Å². The highest BCUT2D eigenvalue weighted by atomic mass is 15.1. The lowest BCUT2D eigenvalue weighted by Gasteiger charge is -2.30. The van der Waals surface area contributed by atoms with Crippen LogP contribution in [0.1, 0.15) is 24.5 Å². The predicted molar refractivity (Wildman–Crippen MR) is 99.7 cm³/mol. The standard InChI is InChI=1S/C21H25N3/c1-4-24-19-11-7-5-9-17(19)15-21(16-22,13-14-23(2)3)18-10-6-8-12-20(18)24/h5-12H,4,13-15H2,1-3H3/t21-/m0/s1. The van der Waals surface area contributed by atoms with Crippen LogP contribution in [0.25, 0.3) is 0 Å². The average Bonchev–Trinajstić information content (AvgIpc) is 2.72. The SMILES string of the molecule is CCN1c2ccccc2C[C@](C#N)(CCN(C)C)c2ccccc21. The molecule has 3 heteroatoms. The lowest BCUT2D eigenvalue weighted by atomic mass is 9.74. The molecule has 0 bridgehead atoms. The maximum atomic E-state index is 10.2. The maximum absolute atomic E-state index is 10.2. The Balaban J connectivity index is 2.22. The van der Waals surface area contributed by atoms with Gasteiger partial charge in [0.1, 0.15) is 0 Å². The van der Waals surface area contributed by atoms with Crippen molar-refractivity contribution in [1.29, 1.82) is 5.26 Å². The van der Waals surface area contributed by atoms with Gasteiger partial charge in [0.05, 0.1) is 11.5 Å². The summed E-state index contributed by atoms with van der Waals surface area (Å²) in [7, 11) is 4.14. The van der Waals surface area contributed by atoms with Crippen LogP contribution in [0, 0.1) is 11.3 Å². The van der Waals surface area contributed by atoms with Gasteiger partial charge in [-0.15, -0.1) is 0 Å². The van der Waals surface area contributed by atoms with E-state index in [0.29, 0.717) is 0 Å². The molecule has 1 atom stereocenters. The molecule has 3 nitrogen and oxygen atoms in total. The van der Waals surface area contributed by atoms with E-state index in [1.165, 1.54) is 16.9 Å². The van der Waals surface area contributed by atoms with Crippen LogP contribution in [0.3, 0.4) is 0 Å². The third-order valence-electron chi connectivity index (χ3n) is 5.00. The van der Waals surface area contributed by atoms with Crippen LogP contribution in [0.4, 0.5) is 11.4 Å². The van der Waals surface area contributed by atoms with Crippen molar-refractivity contribution in [2.24, 2.45) is 0 Å². The summed E-state index contributed by atoms with van der Waals surface area (Å²) in [5.74, 6) is 0. The smallest absolute Gasteiger partial charge is 0.0895 e. The van der Waals surface area contributed by atoms with Gasteiger partial charge in [-0.25, -0.2) is 0 Å². The molecule has 0 saturated carbocycles. The number of fused-ring (bicyclic) bond motifs is 2. The molecule has 2 aromatic rings. The fourth-order valence-corrected chi connectivity index (χ4v) is 3.72. The van der Waals surface area contributed by atoms with Crippen molar-refractivity contribution < 1.29 is 0 Å². The van der Waals surface area contributed by atoms with Gasteiger partial charge in [-0.05, 0) is 63.7 Å². The van der Waals surface area contributed by atoms with Crippen LogP contribution in [-0.2, 0) is 11.8 Å². The highest BCUT2D eigenvalue weighted by Gasteiger charge is 2.38. The molecular weight excluding hydrogens is 294 g/mol. The van der Waals surface area contributed by atoms with Crippen LogP contribution in [0.5, 0.6) is 0 Å². The lowest BCUT2D eigenvalue weighted by Crippen LogP contribution is -2.31. The zero-order valence-corrected chi connectivity index (χ0v) is 14.8. The highest BCUT2D eigenvalue weighted by Crippen LogP contribution is 2.45. The van der Waals surface area contributed by atoms with Gasteiger partial charge in [0, 0.05) is 17.9 Å². The normalized spacial score (nSPS) is 19.4. The molecule has 1 heterocycles. The molecule has 0 N–H and O–H groups in total. The molecule has 0 fully saturated rings. The second-order valence-electron chi connectivity index (χ2n) is 6.81. The molecule has 24 heavy (non-hydrogen) atoms. The number of anilines is 2. The predicted octanol–water partition coefficient (Wildman–Crippen LogP) is 4.11. The number of rotatable bonds is 4. The fraction of sp³-hybridized carbons (Fsp3) is 0.381. The van der Waals surface area contributed by atoms with Gasteiger partial charge in [-0.1, -0.05) is 36.4 Å². The van der Waals surface area contributed by atoms with Crippen molar-refractivity contribution in [3.63, 3.8) is 0 Å². The van der Waals surface area contributed by atoms with E-state index in [1.807, 2.05) is 0 Å². The zero-order chi connectivity index (χ0) is 17.2. The van der Waals surface area contributed by atoms with Crippen molar-refractivity contribution in [3.05, 3.63) is 59.7 Å². The molecule has 0 aliphatic carbocycles. The Morgan fingerprint density at radius 3 is 2.42 bits per heavy atom. The highest BCUT2D eigenvalue weighted by molar-refractivity contribution is 5.73. The van der Waals surface area contributed by atoms with Gasteiger partial charge >= 0.3 is 0 Å². The number of hydrogen-bond donors (Lipinski definition) is 0. The van der Waals surface area contributed by atoms with Crippen LogP contribution in [0.2, 0.25) is 0 Å². The summed E-state index contributed by atoms with van der Waals surface area (Å²) in [4.78, 5) is 4.51. The summed E-state index contributed by atoms with van der Waals surface area (Å²) in [6.45, 7) is 3.96. The van der Waals surface area contributed by atoms with Gasteiger partial charge in [0.2, 0.25) is 0 Å². The Labute approximate surface area is 145 Å². The molecule has 0 aromatic heterocycles. The molecule has 0 saturated heterocycles. The van der Waals surface area contributed by atoms with Gasteiger partial charge < -0.3 is 9.80 Å². The van der Waals surface area contributed by atoms with E-state index in [4.69, 9.17) is 0 Å². The van der Waals surface area contributed by atoms with Gasteiger partial charge in [0.15, 0.2) is 0 Å². The van der Waals surface area contributed by atoms with E-state index in [1.54, 1.807) is 0 Å². The summed E-state index contributed by atoms with van der Waals surface area (Å²) in [5.41, 5.74) is 4.34. The summed E-state index contributed by atoms with van der Waals surface area (Å²) in [5, 5.41) is 10.2. The van der Waals surface area contributed by atoms with E-state index < -0.39 is 5.41 Å². The number of hydrogen-bond acceptors (Lipinski definition) is 3. The molecule has 0 spiro atoms. The van der Waals surface area contributed by atoms with Crippen LogP contribution >= 0.6 is 0 Å². The monoisotopic (exact) mass is 319 g/mol. The quantitative estimate of drug-likeness (QED) is 0.849. The van der Waals surface area contributed by atoms with E-state index in [0.717, 1.165) is 31.5 Å². The molecule has 2 aromatic carbocycles. The minimum Gasteiger partial charge on any atom is -0.341 e. The Morgan fingerprint density at radius 2 is 1.75 bits per heavy atom. The summed E-state index contributed by atoms with van der Waals surface area (Å²) in [6.07, 6.45) is 1.60. The van der Waals surface area contributed by atoms with Crippen molar-refractivity contribution >= 4 is 11.4 Å². The zero-order valence-electron chi connectivity index (χ0n) is 14.8. The minimum absolute atomic E-state index is 0.485. The Morgan fingerprint density at radius 1 is 1.08 bits per heavy atom. The second kappa shape index (κ2) is 6.67. The summed E-state index contributed by atoms with van der Waals surface area (Å²) in [6, 6.07) is 19.6. The van der Waals surface area contributed by atoms with Crippen LogP contribution < -0.4 is 4.90 Å². The molecular formula is C21H25N3. The first-order chi connectivity index (χ1) is 11.6. The van der Waals surface area contributed by atoms with E-state index >= 15 is 0 Å². The maximum Gasteiger partial charge on any atom is 0.0895 e. The largest absolute Gasteiger partial charge is 0.341 e. The first-order valence-electron chi connectivity index (χ1n) is 8.62. The van der Waals surface area contributed by atoms with Crippen molar-refractivity contribution in [2.75, 3.05) is 32.1 Å². The average molecular weight is 319 g/mol. The van der Waals surface area contributed by atoms with Crippen molar-refractivity contribution in [1.82, 2.24) is 4.90 Å². The molecule has 3 rings (SSSR count). The third-order valence-corrected chi connectivity index (χ3v) is 5.00. The minimum atomic E-state index is -0.485. The summed E-state index contributed by atoms with van der Waals surface area (Å²) >= 11 is 0. The number of benzene rings is 2. The van der Waals surface area contributed by atoms with Gasteiger partial charge in [-0.2, -0.15) is 5.26 Å². The van der Waals surface area contributed by atoms with Crippen molar-refractivity contribution in [3.8, 4) is 6.07 Å². The lowest BCUT2D eigenvalue weighted by molar-refractivity contribution is 0.352. The molecule has 0 amide bonds. The van der Waals surface area contributed by atoms with Gasteiger partial charge in [-0.3, -0.25) is 0 Å². The first-order valence-corrected chi connectivity index (χ1v) is 8.62. The molecule has 0 unspecified atom stereocenters. The molecule has 1 aliphatic heterocycles. The van der Waals surface area contributed by atoms with Crippen molar-refractivity contribution in [2.45, 2.75) is 25.2 Å². The van der Waals surface area contributed by atoms with E-state index in [2.05, 4.69) is 85.4 Å². The van der Waals surface area contributed by atoms with Crippen LogP contribution in [0.15, 0.2) is 48.5 Å². The Bertz CT molecular complexity index is 760. The molecule has 0 radical (unpaired) electrons. The number of nitriles is 1. The third kappa shape index (κ3) is 2.79. The topological polar surface area (TPSA) is 30.3 Å². The first kappa shape index (κ1) is 16.5. The van der Waals surface area contributed by atoms with Crippen LogP contribution in [-0.4, -0.2) is 32.1 Å². The van der Waals surface area contributed by atoms with Gasteiger partial charge in [0.25, 0.3) is 0 Å². The fourth-order valence-electron chi connectivity index (χ4n) is 3.72. The molecule has 124 valence electrons.